The molecule has 1 atom stereocenters. The molecule has 0 bridgehead atoms. The van der Waals surface area contributed by atoms with Gasteiger partial charge >= 0.3 is 0 Å². The molecule has 0 saturated carbocycles. The number of hydrogen-bond donors (Lipinski definition) is 0. The van der Waals surface area contributed by atoms with Crippen LogP contribution in [0.2, 0.25) is 0 Å². The number of benzene rings is 1. The Morgan fingerprint density at radius 2 is 2.03 bits per heavy atom. The molecule has 154 valence electrons. The Hall–Kier alpha value is -3.07. The highest BCUT2D eigenvalue weighted by atomic mass is 32.2. The van der Waals surface area contributed by atoms with Crippen molar-refractivity contribution in [3.05, 3.63) is 65.7 Å². The number of carbonyl (C=O) groups is 1. The van der Waals surface area contributed by atoms with Crippen LogP contribution in [0.1, 0.15) is 34.2 Å². The van der Waals surface area contributed by atoms with Crippen LogP contribution >= 0.6 is 0 Å². The van der Waals surface area contributed by atoms with E-state index in [2.05, 4.69) is 15.1 Å². The maximum atomic E-state index is 12.9. The van der Waals surface area contributed by atoms with Crippen LogP contribution in [-0.4, -0.2) is 57.9 Å². The number of hydrogen-bond acceptors (Lipinski definition) is 7. The molecule has 1 amide bonds. The molecule has 2 saturated heterocycles. The van der Waals surface area contributed by atoms with Crippen molar-refractivity contribution in [1.82, 2.24) is 20.0 Å². The Morgan fingerprint density at radius 1 is 1.20 bits per heavy atom. The predicted octanol–water partition coefficient (Wildman–Crippen LogP) is 2.24. The van der Waals surface area contributed by atoms with E-state index in [1.807, 2.05) is 31.2 Å². The summed E-state index contributed by atoms with van der Waals surface area (Å²) in [4.78, 5) is 23.1. The summed E-state index contributed by atoms with van der Waals surface area (Å²) in [5, 5.41) is 3.99. The number of rotatable bonds is 3. The number of aryl methyl sites for hydroxylation is 1. The molecule has 2 aromatic heterocycles. The van der Waals surface area contributed by atoms with Crippen molar-refractivity contribution < 1.29 is 17.7 Å². The van der Waals surface area contributed by atoms with Crippen molar-refractivity contribution >= 4 is 15.7 Å². The number of aromatic nitrogens is 3. The molecule has 5 rings (SSSR count). The molecule has 9 heteroatoms. The number of nitrogens with zero attached hydrogens (tertiary/aromatic N) is 4. The quantitative estimate of drug-likeness (QED) is 0.635. The van der Waals surface area contributed by atoms with Gasteiger partial charge in [0.15, 0.2) is 9.84 Å². The fourth-order valence-electron chi connectivity index (χ4n) is 4.40. The van der Waals surface area contributed by atoms with E-state index in [1.54, 1.807) is 29.3 Å². The zero-order valence-electron chi connectivity index (χ0n) is 16.4. The second-order valence-electron chi connectivity index (χ2n) is 7.93. The molecular weight excluding hydrogens is 404 g/mol. The number of sulfone groups is 1. The van der Waals surface area contributed by atoms with Gasteiger partial charge < -0.3 is 9.42 Å². The lowest BCUT2D eigenvalue weighted by Gasteiger charge is -2.49. The minimum absolute atomic E-state index is 0.0471. The van der Waals surface area contributed by atoms with Crippen LogP contribution < -0.4 is 0 Å². The summed E-state index contributed by atoms with van der Waals surface area (Å²) >= 11 is 0. The zero-order chi connectivity index (χ0) is 20.9. The Kier molecular flexibility index (Phi) is 4.25. The monoisotopic (exact) mass is 424 g/mol. The van der Waals surface area contributed by atoms with Crippen molar-refractivity contribution in [2.24, 2.45) is 0 Å². The molecule has 30 heavy (non-hydrogen) atoms. The average Bonchev–Trinajstić information content (AvgIpc) is 3.29. The van der Waals surface area contributed by atoms with Crippen LogP contribution in [0.5, 0.6) is 0 Å². The van der Waals surface area contributed by atoms with E-state index in [9.17, 15) is 13.2 Å². The van der Waals surface area contributed by atoms with Gasteiger partial charge in [-0.05, 0) is 37.6 Å². The van der Waals surface area contributed by atoms with Crippen molar-refractivity contribution in [1.29, 1.82) is 0 Å². The number of amides is 1. The smallest absolute Gasteiger partial charge is 0.253 e. The van der Waals surface area contributed by atoms with Crippen LogP contribution in [0.15, 0.2) is 53.2 Å². The summed E-state index contributed by atoms with van der Waals surface area (Å²) in [5.41, 5.74) is 2.11. The van der Waals surface area contributed by atoms with E-state index in [0.717, 1.165) is 5.56 Å². The summed E-state index contributed by atoms with van der Waals surface area (Å²) < 4.78 is 30.3. The van der Waals surface area contributed by atoms with Gasteiger partial charge in [0.1, 0.15) is 10.4 Å². The number of carbonyl (C=O) groups excluding carboxylic acids is 1. The highest BCUT2D eigenvalue weighted by Gasteiger charge is 2.64. The highest BCUT2D eigenvalue weighted by molar-refractivity contribution is 7.93. The Bertz CT molecular complexity index is 1220. The molecule has 2 fully saturated rings. The molecule has 1 aromatic carbocycles. The van der Waals surface area contributed by atoms with E-state index >= 15 is 0 Å². The van der Waals surface area contributed by atoms with Crippen LogP contribution in [0.25, 0.3) is 11.5 Å². The third-order valence-electron chi connectivity index (χ3n) is 6.03. The summed E-state index contributed by atoms with van der Waals surface area (Å²) in [6, 6.07) is 12.7. The normalized spacial score (nSPS) is 21.5. The Balaban J connectivity index is 1.42. The Labute approximate surface area is 173 Å². The van der Waals surface area contributed by atoms with Crippen LogP contribution in [0, 0.1) is 6.92 Å². The fourth-order valence-corrected chi connectivity index (χ4v) is 6.71. The third kappa shape index (κ3) is 2.84. The summed E-state index contributed by atoms with van der Waals surface area (Å²) in [6.45, 7) is 2.18. The zero-order valence-corrected chi connectivity index (χ0v) is 17.2. The molecular formula is C21H20N4O4S. The number of likely N-dealkylation sites (tertiary alicyclic amines) is 1. The van der Waals surface area contributed by atoms with Crippen molar-refractivity contribution in [2.45, 2.75) is 24.0 Å². The van der Waals surface area contributed by atoms with Crippen molar-refractivity contribution in [3.63, 3.8) is 0 Å². The molecule has 0 aliphatic carbocycles. The second-order valence-corrected chi connectivity index (χ2v) is 10.4. The topological polar surface area (TPSA) is 106 Å². The van der Waals surface area contributed by atoms with Crippen molar-refractivity contribution in [3.8, 4) is 11.5 Å². The molecule has 1 unspecified atom stereocenters. The first-order chi connectivity index (χ1) is 14.4. The molecule has 0 radical (unpaired) electrons. The van der Waals surface area contributed by atoms with Gasteiger partial charge in [0.2, 0.25) is 11.7 Å². The van der Waals surface area contributed by atoms with Crippen molar-refractivity contribution in [2.75, 3.05) is 18.8 Å². The maximum absolute atomic E-state index is 12.9. The van der Waals surface area contributed by atoms with Gasteiger partial charge in [-0.3, -0.25) is 9.78 Å². The minimum Gasteiger partial charge on any atom is -0.339 e. The highest BCUT2D eigenvalue weighted by Crippen LogP contribution is 2.49. The van der Waals surface area contributed by atoms with E-state index in [1.165, 1.54) is 0 Å². The Morgan fingerprint density at radius 3 is 2.77 bits per heavy atom. The molecule has 3 aromatic rings. The number of pyridine rings is 1. The van der Waals surface area contributed by atoms with E-state index in [-0.39, 0.29) is 24.7 Å². The standard InChI is InChI=1S/C21H20N4O4S/c1-14-5-4-6-15(11-14)20(26)25-12-21(13-25)16(8-10-30(21,27)28)19-23-18(24-29-19)17-7-2-3-9-22-17/h2-7,9,11,16H,8,10,12-13H2,1H3. The van der Waals surface area contributed by atoms with Gasteiger partial charge in [0.05, 0.1) is 11.7 Å². The van der Waals surface area contributed by atoms with E-state index in [4.69, 9.17) is 4.52 Å². The van der Waals surface area contributed by atoms with Crippen LogP contribution in [0.3, 0.4) is 0 Å². The van der Waals surface area contributed by atoms with E-state index in [0.29, 0.717) is 29.4 Å². The van der Waals surface area contributed by atoms with Gasteiger partial charge in [0, 0.05) is 24.8 Å². The molecule has 4 heterocycles. The minimum atomic E-state index is -3.40. The van der Waals surface area contributed by atoms with Gasteiger partial charge in [-0.25, -0.2) is 8.42 Å². The van der Waals surface area contributed by atoms with Gasteiger partial charge in [-0.1, -0.05) is 28.9 Å². The lowest BCUT2D eigenvalue weighted by Crippen LogP contribution is -2.67. The molecule has 2 aliphatic heterocycles. The molecule has 2 aliphatic rings. The molecule has 8 nitrogen and oxygen atoms in total. The lowest BCUT2D eigenvalue weighted by molar-refractivity contribution is 0.0504. The molecule has 1 spiro atoms. The second kappa shape index (κ2) is 6.73. The van der Waals surface area contributed by atoms with Crippen LogP contribution in [0.4, 0.5) is 0 Å². The first-order valence-corrected chi connectivity index (χ1v) is 11.4. The maximum Gasteiger partial charge on any atom is 0.253 e. The lowest BCUT2D eigenvalue weighted by atomic mass is 9.82. The first kappa shape index (κ1) is 18.9. The summed E-state index contributed by atoms with van der Waals surface area (Å²) in [7, 11) is -3.40. The van der Waals surface area contributed by atoms with Crippen LogP contribution in [-0.2, 0) is 9.84 Å². The average molecular weight is 424 g/mol. The largest absolute Gasteiger partial charge is 0.339 e. The van der Waals surface area contributed by atoms with Gasteiger partial charge in [-0.15, -0.1) is 0 Å². The SMILES string of the molecule is Cc1cccc(C(=O)N2CC3(C2)C(c2nc(-c4ccccn4)no2)CCS3(=O)=O)c1. The molecule has 0 N–H and O–H groups in total. The van der Waals surface area contributed by atoms with Gasteiger partial charge in [-0.2, -0.15) is 4.98 Å². The fraction of sp³-hybridized carbons (Fsp3) is 0.333. The first-order valence-electron chi connectivity index (χ1n) is 9.73. The summed E-state index contributed by atoms with van der Waals surface area (Å²) in [6.07, 6.45) is 2.03. The third-order valence-corrected chi connectivity index (χ3v) is 8.59. The predicted molar refractivity (Wildman–Crippen MR) is 108 cm³/mol. The van der Waals surface area contributed by atoms with Gasteiger partial charge in [0.25, 0.3) is 5.91 Å². The summed E-state index contributed by atoms with van der Waals surface area (Å²) in [5.74, 6) is 0.0705. The van der Waals surface area contributed by atoms with E-state index < -0.39 is 20.5 Å².